The molecule has 0 amide bonds. The minimum absolute atomic E-state index is 0.131. The van der Waals surface area contributed by atoms with Crippen LogP contribution in [-0.4, -0.2) is 31.0 Å². The number of hydrogen-bond acceptors (Lipinski definition) is 6. The Hall–Kier alpha value is -4.77. The van der Waals surface area contributed by atoms with Crippen LogP contribution >= 0.6 is 0 Å². The molecule has 37 heavy (non-hydrogen) atoms. The van der Waals surface area contributed by atoms with Crippen LogP contribution in [0.5, 0.6) is 11.6 Å². The first-order valence-electron chi connectivity index (χ1n) is 11.9. The van der Waals surface area contributed by atoms with E-state index in [4.69, 9.17) is 11.2 Å². The van der Waals surface area contributed by atoms with Crippen molar-refractivity contribution < 1.29 is 9.13 Å². The molecular formula is C29H23FN6O. The predicted molar refractivity (Wildman–Crippen MR) is 141 cm³/mol. The summed E-state index contributed by atoms with van der Waals surface area (Å²) in [7, 11) is 1.95. The van der Waals surface area contributed by atoms with Gasteiger partial charge in [0.25, 0.3) is 0 Å². The molecule has 0 fully saturated rings. The van der Waals surface area contributed by atoms with E-state index in [2.05, 4.69) is 31.2 Å². The lowest BCUT2D eigenvalue weighted by Crippen LogP contribution is -2.12. The van der Waals surface area contributed by atoms with E-state index in [1.807, 2.05) is 49.7 Å². The number of aryl methyl sites for hydroxylation is 3. The number of fused-ring (bicyclic) bond motifs is 2. The molecule has 0 unspecified atom stereocenters. The van der Waals surface area contributed by atoms with E-state index < -0.39 is 5.82 Å². The van der Waals surface area contributed by atoms with E-state index in [9.17, 15) is 0 Å². The van der Waals surface area contributed by atoms with Gasteiger partial charge in [-0.3, -0.25) is 0 Å². The van der Waals surface area contributed by atoms with Crippen LogP contribution in [0.2, 0.25) is 0 Å². The maximum Gasteiger partial charge on any atom is 0.219 e. The summed E-state index contributed by atoms with van der Waals surface area (Å²) in [6.07, 6.45) is 9.32. The molecule has 5 heterocycles. The van der Waals surface area contributed by atoms with Crippen LogP contribution in [0.3, 0.4) is 0 Å². The zero-order valence-corrected chi connectivity index (χ0v) is 20.6. The number of terminal acetylenes is 1. The first-order chi connectivity index (χ1) is 18.0. The molecule has 0 atom stereocenters. The predicted octanol–water partition coefficient (Wildman–Crippen LogP) is 5.59. The first kappa shape index (κ1) is 22.7. The lowest BCUT2D eigenvalue weighted by Gasteiger charge is -2.19. The van der Waals surface area contributed by atoms with Crippen molar-refractivity contribution >= 4 is 16.9 Å². The van der Waals surface area contributed by atoms with Crippen molar-refractivity contribution in [3.8, 4) is 46.4 Å². The van der Waals surface area contributed by atoms with Crippen LogP contribution in [-0.2, 0) is 13.5 Å². The molecule has 182 valence electrons. The standard InChI is InChI=1S/C29H23FN6O/c1-5-18-13-16(2)21(14-32-18)27-24-19-9-10-22(37-23-8-6-7-17(3)35-23)26(30)20(19)11-12-31-28-25(24)29(36(27)4)34-15-33-28/h1,6-10,13-15H,11-12H2,2-4H3,(H,31,33,34). The smallest absolute Gasteiger partial charge is 0.219 e. The molecule has 0 bridgehead atoms. The van der Waals surface area contributed by atoms with Crippen molar-refractivity contribution in [2.45, 2.75) is 20.3 Å². The van der Waals surface area contributed by atoms with Gasteiger partial charge in [-0.25, -0.2) is 24.3 Å². The number of pyridine rings is 2. The Morgan fingerprint density at radius 1 is 1.11 bits per heavy atom. The quantitative estimate of drug-likeness (QED) is 0.332. The van der Waals surface area contributed by atoms with Gasteiger partial charge >= 0.3 is 0 Å². The summed E-state index contributed by atoms with van der Waals surface area (Å²) in [5.74, 6) is 3.36. The van der Waals surface area contributed by atoms with E-state index in [-0.39, 0.29) is 5.75 Å². The maximum absolute atomic E-state index is 16.1. The number of benzene rings is 1. The molecule has 6 rings (SSSR count). The Morgan fingerprint density at radius 3 is 2.76 bits per heavy atom. The van der Waals surface area contributed by atoms with E-state index in [1.54, 1.807) is 24.7 Å². The highest BCUT2D eigenvalue weighted by atomic mass is 19.1. The van der Waals surface area contributed by atoms with Gasteiger partial charge in [0.05, 0.1) is 11.1 Å². The number of ether oxygens (including phenoxy) is 1. The van der Waals surface area contributed by atoms with Gasteiger partial charge in [-0.2, -0.15) is 0 Å². The molecule has 0 aliphatic carbocycles. The number of anilines is 1. The lowest BCUT2D eigenvalue weighted by atomic mass is 9.91. The molecule has 1 aliphatic heterocycles. The van der Waals surface area contributed by atoms with Crippen molar-refractivity contribution in [2.75, 3.05) is 11.9 Å². The summed E-state index contributed by atoms with van der Waals surface area (Å²) in [5, 5.41) is 4.20. The number of nitrogens with one attached hydrogen (secondary N) is 1. The van der Waals surface area contributed by atoms with Gasteiger partial charge in [-0.15, -0.1) is 6.42 Å². The first-order valence-corrected chi connectivity index (χ1v) is 11.9. The summed E-state index contributed by atoms with van der Waals surface area (Å²) >= 11 is 0. The van der Waals surface area contributed by atoms with Crippen molar-refractivity contribution in [3.63, 3.8) is 0 Å². The highest BCUT2D eigenvalue weighted by Crippen LogP contribution is 2.46. The summed E-state index contributed by atoms with van der Waals surface area (Å²) in [6, 6.07) is 10.9. The maximum atomic E-state index is 16.1. The second kappa shape index (κ2) is 8.71. The average Bonchev–Trinajstić information content (AvgIpc) is 3.17. The summed E-state index contributed by atoms with van der Waals surface area (Å²) in [4.78, 5) is 17.9. The van der Waals surface area contributed by atoms with Gasteiger partial charge in [0.1, 0.15) is 23.5 Å². The van der Waals surface area contributed by atoms with Crippen molar-refractivity contribution in [2.24, 2.45) is 7.05 Å². The largest absolute Gasteiger partial charge is 0.436 e. The fraction of sp³-hybridized carbons (Fsp3) is 0.172. The number of nitrogens with zero attached hydrogens (tertiary/aromatic N) is 5. The topological polar surface area (TPSA) is 77.8 Å². The van der Waals surface area contributed by atoms with E-state index in [0.29, 0.717) is 35.9 Å². The Bertz CT molecular complexity index is 1750. The highest BCUT2D eigenvalue weighted by Gasteiger charge is 2.28. The van der Waals surface area contributed by atoms with Gasteiger partial charge in [-0.1, -0.05) is 18.1 Å². The summed E-state index contributed by atoms with van der Waals surface area (Å²) in [6.45, 7) is 4.36. The van der Waals surface area contributed by atoms with Crippen LogP contribution in [0, 0.1) is 32.0 Å². The Balaban J connectivity index is 1.62. The third-order valence-electron chi connectivity index (χ3n) is 6.70. The average molecular weight is 491 g/mol. The molecule has 0 saturated carbocycles. The van der Waals surface area contributed by atoms with Crippen molar-refractivity contribution in [1.82, 2.24) is 24.5 Å². The molecule has 1 N–H and O–H groups in total. The monoisotopic (exact) mass is 490 g/mol. The van der Waals surface area contributed by atoms with Gasteiger partial charge in [0.2, 0.25) is 5.88 Å². The fourth-order valence-electron chi connectivity index (χ4n) is 5.00. The molecule has 0 radical (unpaired) electrons. The number of hydrogen-bond donors (Lipinski definition) is 1. The molecule has 8 heteroatoms. The molecule has 1 aromatic carbocycles. The van der Waals surface area contributed by atoms with Gasteiger partial charge in [0.15, 0.2) is 11.6 Å². The van der Waals surface area contributed by atoms with Crippen LogP contribution < -0.4 is 10.1 Å². The highest BCUT2D eigenvalue weighted by molar-refractivity contribution is 6.09. The van der Waals surface area contributed by atoms with Gasteiger partial charge in [0, 0.05) is 48.2 Å². The molecule has 4 aromatic heterocycles. The minimum Gasteiger partial charge on any atom is -0.436 e. The van der Waals surface area contributed by atoms with E-state index in [0.717, 1.165) is 44.7 Å². The Kier molecular flexibility index (Phi) is 5.34. The molecular weight excluding hydrogens is 467 g/mol. The zero-order chi connectivity index (χ0) is 25.7. The summed E-state index contributed by atoms with van der Waals surface area (Å²) in [5.41, 5.74) is 6.95. The minimum atomic E-state index is -0.414. The Labute approximate surface area is 213 Å². The van der Waals surface area contributed by atoms with Crippen molar-refractivity contribution in [3.05, 3.63) is 77.3 Å². The molecule has 7 nitrogen and oxygen atoms in total. The van der Waals surface area contributed by atoms with Crippen LogP contribution in [0.4, 0.5) is 10.2 Å². The number of aromatic nitrogens is 5. The molecule has 0 saturated heterocycles. The third-order valence-corrected chi connectivity index (χ3v) is 6.70. The number of rotatable bonds is 3. The lowest BCUT2D eigenvalue weighted by molar-refractivity contribution is 0.424. The third kappa shape index (κ3) is 3.67. The second-order valence-corrected chi connectivity index (χ2v) is 9.03. The second-order valence-electron chi connectivity index (χ2n) is 9.03. The van der Waals surface area contributed by atoms with E-state index in [1.165, 1.54) is 0 Å². The summed E-state index contributed by atoms with van der Waals surface area (Å²) < 4.78 is 24.0. The van der Waals surface area contributed by atoms with E-state index >= 15 is 4.39 Å². The van der Waals surface area contributed by atoms with Crippen LogP contribution in [0.15, 0.2) is 48.9 Å². The molecule has 5 aromatic rings. The SMILES string of the molecule is C#Cc1cc(C)c(-c2c3c4c(ncnc4n2C)NCCc2c-3ccc(Oc3cccc(C)n3)c2F)cn1. The van der Waals surface area contributed by atoms with Gasteiger partial charge < -0.3 is 14.6 Å². The van der Waals surface area contributed by atoms with Crippen LogP contribution in [0.1, 0.15) is 22.5 Å². The van der Waals surface area contributed by atoms with Crippen molar-refractivity contribution in [1.29, 1.82) is 0 Å². The number of halogens is 1. The molecule has 1 aliphatic rings. The normalized spacial score (nSPS) is 12.3. The van der Waals surface area contributed by atoms with Gasteiger partial charge in [-0.05, 0) is 49.6 Å². The zero-order valence-electron chi connectivity index (χ0n) is 20.6. The van der Waals surface area contributed by atoms with Crippen LogP contribution in [0.25, 0.3) is 33.4 Å². The Morgan fingerprint density at radius 2 is 1.97 bits per heavy atom. The molecule has 0 spiro atoms. The fourth-order valence-corrected chi connectivity index (χ4v) is 5.00.